The fraction of sp³-hybridized carbons (Fsp3) is 0.750. The maximum atomic E-state index is 4.34. The van der Waals surface area contributed by atoms with Crippen LogP contribution in [0.1, 0.15) is 13.3 Å². The maximum absolute atomic E-state index is 4.34. The van der Waals surface area contributed by atoms with Crippen LogP contribution in [0.2, 0.25) is 0 Å². The lowest BCUT2D eigenvalue weighted by atomic mass is 10.5. The predicted molar refractivity (Wildman–Crippen MR) is 34.0 cm³/mol. The highest BCUT2D eigenvalue weighted by Gasteiger charge is 1.72. The summed E-state index contributed by atoms with van der Waals surface area (Å²) in [6.07, 6.45) is 1.10. The number of thiocarbonyl (C=S) groups is 1. The molecule has 0 aromatic rings. The Balaban J connectivity index is 2.56. The second-order valence-corrected chi connectivity index (χ2v) is 1.36. The van der Waals surface area contributed by atoms with Crippen molar-refractivity contribution in [3.63, 3.8) is 0 Å². The van der Waals surface area contributed by atoms with E-state index >= 15 is 0 Å². The molecule has 0 amide bonds. The first-order valence-electron chi connectivity index (χ1n) is 2.26. The van der Waals surface area contributed by atoms with Gasteiger partial charge in [-0.15, -0.1) is 0 Å². The maximum Gasteiger partial charge on any atom is 0.149 e. The first kappa shape index (κ1) is 6.85. The van der Waals surface area contributed by atoms with Crippen molar-refractivity contribution in [2.45, 2.75) is 13.3 Å². The molecule has 0 aliphatic rings. The molecule has 0 aromatic carbocycles. The van der Waals surface area contributed by atoms with E-state index in [4.69, 9.17) is 0 Å². The number of hydrogen-bond donors (Lipinski definition) is 2. The molecular formula is C4H9N2S. The molecule has 0 atom stereocenters. The molecule has 0 aliphatic carbocycles. The van der Waals surface area contributed by atoms with Gasteiger partial charge in [0.15, 0.2) is 0 Å². The van der Waals surface area contributed by atoms with Crippen molar-refractivity contribution < 1.29 is 0 Å². The first-order valence-corrected chi connectivity index (χ1v) is 2.67. The molecule has 0 rings (SSSR count). The second-order valence-electron chi connectivity index (χ2n) is 1.15. The van der Waals surface area contributed by atoms with E-state index < -0.39 is 0 Å². The molecule has 0 unspecified atom stereocenters. The van der Waals surface area contributed by atoms with Gasteiger partial charge in [0.2, 0.25) is 0 Å². The van der Waals surface area contributed by atoms with Crippen LogP contribution in [0.25, 0.3) is 0 Å². The molecule has 0 saturated carbocycles. The molecule has 0 aliphatic heterocycles. The van der Waals surface area contributed by atoms with Crippen molar-refractivity contribution in [1.29, 1.82) is 0 Å². The third-order valence-electron chi connectivity index (χ3n) is 0.514. The van der Waals surface area contributed by atoms with Crippen molar-refractivity contribution in [3.8, 4) is 0 Å². The van der Waals surface area contributed by atoms with E-state index in [1.807, 2.05) is 0 Å². The highest BCUT2D eigenvalue weighted by Crippen LogP contribution is 1.63. The lowest BCUT2D eigenvalue weighted by Gasteiger charge is -1.95. The van der Waals surface area contributed by atoms with Gasteiger partial charge >= 0.3 is 0 Å². The SMILES string of the molecule is CCCNN[C]=S. The molecule has 0 saturated heterocycles. The lowest BCUT2D eigenvalue weighted by molar-refractivity contribution is 0.652. The standard InChI is InChI=1S/C4H9N2S/c1-2-3-5-6-4-7/h5H,2-3H2,1H3,(H,6,7). The Morgan fingerprint density at radius 3 is 2.86 bits per heavy atom. The molecular weight excluding hydrogens is 108 g/mol. The number of nitrogens with one attached hydrogen (secondary N) is 2. The van der Waals surface area contributed by atoms with Crippen LogP contribution < -0.4 is 10.9 Å². The van der Waals surface area contributed by atoms with Crippen LogP contribution in [0.3, 0.4) is 0 Å². The smallest absolute Gasteiger partial charge is 0.149 e. The Labute approximate surface area is 49.3 Å². The van der Waals surface area contributed by atoms with E-state index in [0.29, 0.717) is 0 Å². The Morgan fingerprint density at radius 2 is 2.43 bits per heavy atom. The van der Waals surface area contributed by atoms with Crippen molar-refractivity contribution >= 4 is 17.7 Å². The number of hydrogen-bond acceptors (Lipinski definition) is 2. The molecule has 2 nitrogen and oxygen atoms in total. The Bertz CT molecular complexity index is 47.0. The zero-order chi connectivity index (χ0) is 5.54. The third-order valence-corrected chi connectivity index (χ3v) is 0.616. The fourth-order valence-corrected chi connectivity index (χ4v) is 0.296. The molecule has 0 bridgehead atoms. The van der Waals surface area contributed by atoms with Crippen molar-refractivity contribution in [2.75, 3.05) is 6.54 Å². The highest BCUT2D eigenvalue weighted by molar-refractivity contribution is 7.78. The van der Waals surface area contributed by atoms with Gasteiger partial charge in [0.25, 0.3) is 0 Å². The van der Waals surface area contributed by atoms with Crippen LogP contribution >= 0.6 is 12.2 Å². The molecule has 0 spiro atoms. The largest absolute Gasteiger partial charge is 0.310 e. The van der Waals surface area contributed by atoms with Crippen LogP contribution in [-0.4, -0.2) is 12.0 Å². The summed E-state index contributed by atoms with van der Waals surface area (Å²) in [5.41, 5.74) is 7.71. The van der Waals surface area contributed by atoms with Crippen molar-refractivity contribution in [2.24, 2.45) is 0 Å². The van der Waals surface area contributed by atoms with Gasteiger partial charge in [0.1, 0.15) is 5.49 Å². The average Bonchev–Trinajstić information content (AvgIpc) is 1.69. The molecule has 7 heavy (non-hydrogen) atoms. The summed E-state index contributed by atoms with van der Waals surface area (Å²) in [6, 6.07) is 0. The second kappa shape index (κ2) is 5.85. The van der Waals surface area contributed by atoms with Crippen LogP contribution in [0.5, 0.6) is 0 Å². The molecule has 3 heteroatoms. The molecule has 0 aromatic heterocycles. The third kappa shape index (κ3) is 5.85. The minimum absolute atomic E-state index is 0.934. The van der Waals surface area contributed by atoms with E-state index in [1.54, 1.807) is 0 Å². The number of hydrazine groups is 1. The molecule has 41 valence electrons. The minimum Gasteiger partial charge on any atom is -0.310 e. The fourth-order valence-electron chi connectivity index (χ4n) is 0.224. The summed E-state index contributed by atoms with van der Waals surface area (Å²) in [6.45, 7) is 3.02. The highest BCUT2D eigenvalue weighted by atomic mass is 32.1. The Kier molecular flexibility index (Phi) is 5.72. The van der Waals surface area contributed by atoms with E-state index in [0.717, 1.165) is 13.0 Å². The van der Waals surface area contributed by atoms with Crippen LogP contribution in [0, 0.1) is 0 Å². The molecule has 1 radical (unpaired) electrons. The van der Waals surface area contributed by atoms with Crippen molar-refractivity contribution in [1.82, 2.24) is 10.9 Å². The monoisotopic (exact) mass is 117 g/mol. The average molecular weight is 117 g/mol. The van der Waals surface area contributed by atoms with E-state index in [9.17, 15) is 0 Å². The van der Waals surface area contributed by atoms with Crippen molar-refractivity contribution in [3.05, 3.63) is 0 Å². The van der Waals surface area contributed by atoms with Crippen LogP contribution in [0.4, 0.5) is 0 Å². The summed E-state index contributed by atoms with van der Waals surface area (Å²) >= 11 is 4.34. The topological polar surface area (TPSA) is 24.1 Å². The van der Waals surface area contributed by atoms with E-state index in [-0.39, 0.29) is 0 Å². The van der Waals surface area contributed by atoms with Gasteiger partial charge in [-0.05, 0) is 6.42 Å². The summed E-state index contributed by atoms with van der Waals surface area (Å²) in [7, 11) is 0. The first-order chi connectivity index (χ1) is 3.41. The molecule has 2 N–H and O–H groups in total. The predicted octanol–water partition coefficient (Wildman–Crippen LogP) is 0.325. The molecule has 0 fully saturated rings. The van der Waals surface area contributed by atoms with E-state index in [2.05, 4.69) is 35.5 Å². The van der Waals surface area contributed by atoms with Crippen LogP contribution in [-0.2, 0) is 0 Å². The summed E-state index contributed by atoms with van der Waals surface area (Å²) in [4.78, 5) is 0. The van der Waals surface area contributed by atoms with Gasteiger partial charge in [-0.25, -0.2) is 5.43 Å². The summed E-state index contributed by atoms with van der Waals surface area (Å²) < 4.78 is 0. The normalized spacial score (nSPS) is 8.14. The Morgan fingerprint density at radius 1 is 1.71 bits per heavy atom. The van der Waals surface area contributed by atoms with Gasteiger partial charge in [-0.1, -0.05) is 19.1 Å². The Hall–Kier alpha value is -0.150. The van der Waals surface area contributed by atoms with Crippen LogP contribution in [0.15, 0.2) is 0 Å². The summed E-state index contributed by atoms with van der Waals surface area (Å²) in [5.74, 6) is 0. The van der Waals surface area contributed by atoms with Gasteiger partial charge in [-0.2, -0.15) is 0 Å². The summed E-state index contributed by atoms with van der Waals surface area (Å²) in [5, 5.41) is 0. The minimum atomic E-state index is 0.934. The van der Waals surface area contributed by atoms with Gasteiger partial charge < -0.3 is 5.43 Å². The lowest BCUT2D eigenvalue weighted by Crippen LogP contribution is -2.29. The van der Waals surface area contributed by atoms with Gasteiger partial charge in [-0.3, -0.25) is 0 Å². The number of rotatable bonds is 4. The van der Waals surface area contributed by atoms with Gasteiger partial charge in [0.05, 0.1) is 0 Å². The zero-order valence-electron chi connectivity index (χ0n) is 4.32. The molecule has 0 heterocycles. The zero-order valence-corrected chi connectivity index (χ0v) is 5.14. The van der Waals surface area contributed by atoms with Gasteiger partial charge in [0, 0.05) is 6.54 Å². The quantitative estimate of drug-likeness (QED) is 0.240. The van der Waals surface area contributed by atoms with E-state index in [1.165, 1.54) is 0 Å².